The Bertz CT molecular complexity index is 1420. The van der Waals surface area contributed by atoms with Gasteiger partial charge in [-0.25, -0.2) is 9.37 Å². The van der Waals surface area contributed by atoms with Crippen LogP contribution in [0.1, 0.15) is 46.2 Å². The maximum absolute atomic E-state index is 15.7. The molecule has 0 saturated carbocycles. The van der Waals surface area contributed by atoms with Gasteiger partial charge in [0.25, 0.3) is 5.91 Å². The Kier molecular flexibility index (Phi) is 4.70. The summed E-state index contributed by atoms with van der Waals surface area (Å²) in [5.41, 5.74) is 5.34. The Labute approximate surface area is 195 Å². The minimum Gasteiger partial charge on any atom is -0.393 e. The van der Waals surface area contributed by atoms with E-state index in [1.165, 1.54) is 6.07 Å². The van der Waals surface area contributed by atoms with Crippen molar-refractivity contribution in [3.63, 3.8) is 0 Å². The van der Waals surface area contributed by atoms with Gasteiger partial charge in [-0.15, -0.1) is 0 Å². The van der Waals surface area contributed by atoms with Crippen molar-refractivity contribution < 1.29 is 14.3 Å². The standard InChI is InChI=1S/C25H25FN6O2/c1-14-22-23(29-30(14)2)25(34)32(16-4-6-20-21(12-16)28-13-27-20)24(22)18-5-3-15(11-19(18)26)31-9-7-17(33)8-10-31/h3-6,11-13,17,24,33H,7-10H2,1-2H3,(H,27,28). The molecular formula is C25H25FN6O2. The van der Waals surface area contributed by atoms with Crippen LogP contribution < -0.4 is 9.80 Å². The third-order valence-corrected chi connectivity index (χ3v) is 7.12. The number of carbonyl (C=O) groups is 1. The van der Waals surface area contributed by atoms with E-state index in [1.807, 2.05) is 31.2 Å². The largest absolute Gasteiger partial charge is 0.393 e. The highest BCUT2D eigenvalue weighted by molar-refractivity contribution is 6.11. The molecule has 2 N–H and O–H groups in total. The number of anilines is 2. The first kappa shape index (κ1) is 20.9. The zero-order chi connectivity index (χ0) is 23.6. The summed E-state index contributed by atoms with van der Waals surface area (Å²) < 4.78 is 17.4. The second kappa shape index (κ2) is 7.66. The van der Waals surface area contributed by atoms with Crippen molar-refractivity contribution in [1.82, 2.24) is 19.7 Å². The number of halogens is 1. The van der Waals surface area contributed by atoms with Gasteiger partial charge < -0.3 is 15.0 Å². The second-order valence-corrected chi connectivity index (χ2v) is 9.08. The van der Waals surface area contributed by atoms with Gasteiger partial charge in [-0.3, -0.25) is 14.4 Å². The smallest absolute Gasteiger partial charge is 0.280 e. The molecular weight excluding hydrogens is 435 g/mol. The molecule has 1 atom stereocenters. The average molecular weight is 461 g/mol. The average Bonchev–Trinajstić information content (AvgIpc) is 3.49. The molecule has 4 heterocycles. The molecule has 0 radical (unpaired) electrons. The molecule has 34 heavy (non-hydrogen) atoms. The first-order chi connectivity index (χ1) is 16.4. The molecule has 0 bridgehead atoms. The fourth-order valence-electron chi connectivity index (χ4n) is 5.16. The maximum atomic E-state index is 15.7. The number of aromatic nitrogens is 4. The molecule has 6 rings (SSSR count). The fraction of sp³-hybridized carbons (Fsp3) is 0.320. The van der Waals surface area contributed by atoms with E-state index in [2.05, 4.69) is 20.0 Å². The summed E-state index contributed by atoms with van der Waals surface area (Å²) in [4.78, 5) is 24.6. The molecule has 1 fully saturated rings. The van der Waals surface area contributed by atoms with Crippen molar-refractivity contribution in [2.24, 2.45) is 7.05 Å². The normalized spacial score (nSPS) is 18.8. The summed E-state index contributed by atoms with van der Waals surface area (Å²) in [6.45, 7) is 3.27. The number of carbonyl (C=O) groups excluding carboxylic acids is 1. The predicted octanol–water partition coefficient (Wildman–Crippen LogP) is 3.45. The molecule has 9 heteroatoms. The van der Waals surface area contributed by atoms with Gasteiger partial charge in [-0.1, -0.05) is 6.07 Å². The number of nitrogens with one attached hydrogen (secondary N) is 1. The van der Waals surface area contributed by atoms with Crippen LogP contribution in [0, 0.1) is 12.7 Å². The number of aliphatic hydroxyl groups excluding tert-OH is 1. The Morgan fingerprint density at radius 3 is 2.65 bits per heavy atom. The van der Waals surface area contributed by atoms with Crippen LogP contribution in [0.15, 0.2) is 42.7 Å². The number of amides is 1. The molecule has 0 spiro atoms. The number of benzene rings is 2. The van der Waals surface area contributed by atoms with Gasteiger partial charge >= 0.3 is 0 Å². The highest BCUT2D eigenvalue weighted by Crippen LogP contribution is 2.44. The van der Waals surface area contributed by atoms with Gasteiger partial charge in [0.05, 0.1) is 29.5 Å². The number of aromatic amines is 1. The molecule has 1 saturated heterocycles. The summed E-state index contributed by atoms with van der Waals surface area (Å²) in [6, 6.07) is 10.1. The van der Waals surface area contributed by atoms with E-state index in [4.69, 9.17) is 0 Å². The topological polar surface area (TPSA) is 90.3 Å². The Morgan fingerprint density at radius 2 is 1.88 bits per heavy atom. The van der Waals surface area contributed by atoms with Crippen molar-refractivity contribution in [2.45, 2.75) is 31.9 Å². The van der Waals surface area contributed by atoms with E-state index >= 15 is 4.39 Å². The van der Waals surface area contributed by atoms with Crippen LogP contribution in [-0.2, 0) is 7.05 Å². The summed E-state index contributed by atoms with van der Waals surface area (Å²) in [5.74, 6) is -0.629. The number of fused-ring (bicyclic) bond motifs is 2. The van der Waals surface area contributed by atoms with Crippen LogP contribution in [0.3, 0.4) is 0 Å². The molecule has 2 aliphatic heterocycles. The summed E-state index contributed by atoms with van der Waals surface area (Å²) in [7, 11) is 1.79. The van der Waals surface area contributed by atoms with Crippen molar-refractivity contribution in [3.8, 4) is 0 Å². The lowest BCUT2D eigenvalue weighted by atomic mass is 9.97. The molecule has 1 unspecified atom stereocenters. The molecule has 174 valence electrons. The second-order valence-electron chi connectivity index (χ2n) is 9.08. The zero-order valence-electron chi connectivity index (χ0n) is 19.0. The van der Waals surface area contributed by atoms with Gasteiger partial charge in [0.2, 0.25) is 0 Å². The molecule has 0 aliphatic carbocycles. The van der Waals surface area contributed by atoms with E-state index in [0.29, 0.717) is 42.9 Å². The van der Waals surface area contributed by atoms with Gasteiger partial charge in [-0.05, 0) is 50.1 Å². The highest BCUT2D eigenvalue weighted by atomic mass is 19.1. The first-order valence-electron chi connectivity index (χ1n) is 11.4. The van der Waals surface area contributed by atoms with Crippen LogP contribution in [-0.4, -0.2) is 50.0 Å². The molecule has 2 aromatic heterocycles. The lowest BCUT2D eigenvalue weighted by Crippen LogP contribution is -2.36. The fourth-order valence-corrected chi connectivity index (χ4v) is 5.16. The maximum Gasteiger partial charge on any atom is 0.280 e. The quantitative estimate of drug-likeness (QED) is 0.489. The van der Waals surface area contributed by atoms with Gasteiger partial charge in [0.15, 0.2) is 5.69 Å². The van der Waals surface area contributed by atoms with Crippen LogP contribution in [0.4, 0.5) is 15.8 Å². The number of aryl methyl sites for hydroxylation is 1. The number of piperidine rings is 1. The van der Waals surface area contributed by atoms with Crippen molar-refractivity contribution >= 4 is 28.3 Å². The number of hydrogen-bond donors (Lipinski definition) is 2. The Hall–Kier alpha value is -3.72. The van der Waals surface area contributed by atoms with Crippen LogP contribution in [0.2, 0.25) is 0 Å². The number of rotatable bonds is 3. The van der Waals surface area contributed by atoms with Crippen molar-refractivity contribution in [3.05, 3.63) is 71.1 Å². The van der Waals surface area contributed by atoms with Gasteiger partial charge in [0.1, 0.15) is 5.82 Å². The number of nitrogens with zero attached hydrogens (tertiary/aromatic N) is 5. The van der Waals surface area contributed by atoms with Crippen LogP contribution in [0.5, 0.6) is 0 Å². The minimum absolute atomic E-state index is 0.257. The monoisotopic (exact) mass is 460 g/mol. The number of hydrogen-bond acceptors (Lipinski definition) is 5. The number of imidazole rings is 1. The molecule has 8 nitrogen and oxygen atoms in total. The van der Waals surface area contributed by atoms with Crippen LogP contribution in [0.25, 0.3) is 11.0 Å². The number of H-pyrrole nitrogens is 1. The molecule has 2 aliphatic rings. The van der Waals surface area contributed by atoms with Crippen molar-refractivity contribution in [1.29, 1.82) is 0 Å². The third-order valence-electron chi connectivity index (χ3n) is 7.12. The predicted molar refractivity (Wildman–Crippen MR) is 127 cm³/mol. The Morgan fingerprint density at radius 1 is 1.12 bits per heavy atom. The SMILES string of the molecule is Cc1c2c(nn1C)C(=O)N(c1ccc3[nH]cnc3c1)C2c1ccc(N2CCC(O)CC2)cc1F. The lowest BCUT2D eigenvalue weighted by molar-refractivity contribution is 0.0987. The highest BCUT2D eigenvalue weighted by Gasteiger charge is 2.44. The Balaban J connectivity index is 1.46. The van der Waals surface area contributed by atoms with E-state index in [-0.39, 0.29) is 17.8 Å². The summed E-state index contributed by atoms with van der Waals surface area (Å²) in [5, 5.41) is 14.3. The summed E-state index contributed by atoms with van der Waals surface area (Å²) in [6.07, 6.45) is 2.65. The van der Waals surface area contributed by atoms with E-state index in [1.54, 1.807) is 29.0 Å². The number of aliphatic hydroxyl groups is 1. The van der Waals surface area contributed by atoms with Gasteiger partial charge in [-0.2, -0.15) is 5.10 Å². The molecule has 1 amide bonds. The third kappa shape index (κ3) is 3.11. The van der Waals surface area contributed by atoms with Gasteiger partial charge in [0, 0.05) is 48.3 Å². The first-order valence-corrected chi connectivity index (χ1v) is 11.4. The van der Waals surface area contributed by atoms with E-state index < -0.39 is 6.04 Å². The zero-order valence-corrected chi connectivity index (χ0v) is 19.0. The minimum atomic E-state index is -0.634. The van der Waals surface area contributed by atoms with Crippen LogP contribution >= 0.6 is 0 Å². The van der Waals surface area contributed by atoms with E-state index in [0.717, 1.165) is 28.0 Å². The lowest BCUT2D eigenvalue weighted by Gasteiger charge is -2.32. The van der Waals surface area contributed by atoms with Crippen molar-refractivity contribution in [2.75, 3.05) is 22.9 Å². The molecule has 4 aromatic rings. The summed E-state index contributed by atoms with van der Waals surface area (Å²) >= 11 is 0. The van der Waals surface area contributed by atoms with E-state index in [9.17, 15) is 9.90 Å². The molecule has 2 aromatic carbocycles.